The normalized spacial score (nSPS) is 10.3. The van der Waals surface area contributed by atoms with Crippen LogP contribution in [0.25, 0.3) is 11.1 Å². The SMILES string of the molecule is O=c1[nH]cncc1-c1cc(Cl)ccc1Cl. The van der Waals surface area contributed by atoms with E-state index < -0.39 is 0 Å². The number of benzene rings is 1. The van der Waals surface area contributed by atoms with Crippen molar-refractivity contribution in [2.75, 3.05) is 0 Å². The Balaban J connectivity index is 2.69. The Morgan fingerprint density at radius 2 is 2.00 bits per heavy atom. The molecule has 1 N–H and O–H groups in total. The maximum atomic E-state index is 11.5. The van der Waals surface area contributed by atoms with Gasteiger partial charge in [0.05, 0.1) is 11.9 Å². The Morgan fingerprint density at radius 1 is 1.20 bits per heavy atom. The summed E-state index contributed by atoms with van der Waals surface area (Å²) in [6.07, 6.45) is 2.78. The predicted octanol–water partition coefficient (Wildman–Crippen LogP) is 2.74. The molecule has 0 saturated heterocycles. The molecule has 3 nitrogen and oxygen atoms in total. The van der Waals surface area contributed by atoms with Gasteiger partial charge in [0.15, 0.2) is 0 Å². The monoisotopic (exact) mass is 240 g/mol. The number of nitrogens with zero attached hydrogens (tertiary/aromatic N) is 1. The molecule has 15 heavy (non-hydrogen) atoms. The van der Waals surface area contributed by atoms with Crippen LogP contribution in [-0.2, 0) is 0 Å². The summed E-state index contributed by atoms with van der Waals surface area (Å²) in [4.78, 5) is 17.8. The zero-order chi connectivity index (χ0) is 10.8. The molecule has 1 aromatic heterocycles. The lowest BCUT2D eigenvalue weighted by Gasteiger charge is -2.02. The fraction of sp³-hybridized carbons (Fsp3) is 0. The molecule has 1 aromatic carbocycles. The molecule has 0 aliphatic heterocycles. The summed E-state index contributed by atoms with van der Waals surface area (Å²) in [7, 11) is 0. The molecule has 2 aromatic rings. The highest BCUT2D eigenvalue weighted by atomic mass is 35.5. The minimum absolute atomic E-state index is 0.242. The van der Waals surface area contributed by atoms with Gasteiger partial charge in [-0.2, -0.15) is 0 Å². The lowest BCUT2D eigenvalue weighted by molar-refractivity contribution is 1.12. The van der Waals surface area contributed by atoms with Gasteiger partial charge in [0.25, 0.3) is 5.56 Å². The molecule has 0 bridgehead atoms. The van der Waals surface area contributed by atoms with Crippen LogP contribution in [0, 0.1) is 0 Å². The van der Waals surface area contributed by atoms with Crippen LogP contribution < -0.4 is 5.56 Å². The second kappa shape index (κ2) is 4.04. The van der Waals surface area contributed by atoms with Gasteiger partial charge in [0, 0.05) is 21.8 Å². The highest BCUT2D eigenvalue weighted by Crippen LogP contribution is 2.27. The zero-order valence-corrected chi connectivity index (χ0v) is 9.01. The van der Waals surface area contributed by atoms with E-state index in [9.17, 15) is 4.79 Å². The van der Waals surface area contributed by atoms with E-state index >= 15 is 0 Å². The molecule has 0 aliphatic carbocycles. The summed E-state index contributed by atoms with van der Waals surface area (Å²) in [5.41, 5.74) is 0.748. The van der Waals surface area contributed by atoms with Gasteiger partial charge in [-0.3, -0.25) is 4.79 Å². The summed E-state index contributed by atoms with van der Waals surface area (Å²) in [5, 5.41) is 0.996. The Morgan fingerprint density at radius 3 is 2.73 bits per heavy atom. The van der Waals surface area contributed by atoms with Crippen LogP contribution in [0.2, 0.25) is 10.0 Å². The Bertz CT molecular complexity index is 551. The van der Waals surface area contributed by atoms with Crippen molar-refractivity contribution in [1.29, 1.82) is 0 Å². The first-order valence-corrected chi connectivity index (χ1v) is 4.92. The molecule has 0 spiro atoms. The maximum Gasteiger partial charge on any atom is 0.258 e. The van der Waals surface area contributed by atoms with Gasteiger partial charge in [-0.15, -0.1) is 0 Å². The lowest BCUT2D eigenvalue weighted by Crippen LogP contribution is -2.08. The van der Waals surface area contributed by atoms with E-state index in [1.165, 1.54) is 12.5 Å². The summed E-state index contributed by atoms with van der Waals surface area (Å²) in [6.45, 7) is 0. The third-order valence-corrected chi connectivity index (χ3v) is 2.50. The maximum absolute atomic E-state index is 11.5. The molecule has 76 valence electrons. The second-order valence-electron chi connectivity index (χ2n) is 2.92. The van der Waals surface area contributed by atoms with E-state index in [1.807, 2.05) is 0 Å². The highest BCUT2D eigenvalue weighted by Gasteiger charge is 2.07. The van der Waals surface area contributed by atoms with E-state index in [-0.39, 0.29) is 5.56 Å². The quantitative estimate of drug-likeness (QED) is 0.834. The van der Waals surface area contributed by atoms with Crippen molar-refractivity contribution in [3.8, 4) is 11.1 Å². The van der Waals surface area contributed by atoms with E-state index in [2.05, 4.69) is 9.97 Å². The molecule has 0 unspecified atom stereocenters. The molecular weight excluding hydrogens is 235 g/mol. The first kappa shape index (κ1) is 10.2. The molecule has 5 heteroatoms. The molecule has 2 rings (SSSR count). The first-order valence-electron chi connectivity index (χ1n) is 4.16. The lowest BCUT2D eigenvalue weighted by atomic mass is 10.1. The fourth-order valence-corrected chi connectivity index (χ4v) is 1.63. The first-order chi connectivity index (χ1) is 7.18. The van der Waals surface area contributed by atoms with E-state index in [0.29, 0.717) is 21.2 Å². The van der Waals surface area contributed by atoms with Crippen molar-refractivity contribution in [2.45, 2.75) is 0 Å². The second-order valence-corrected chi connectivity index (χ2v) is 3.76. The molecule has 0 amide bonds. The number of rotatable bonds is 1. The largest absolute Gasteiger partial charge is 0.313 e. The van der Waals surface area contributed by atoms with E-state index in [1.54, 1.807) is 18.2 Å². The molecule has 1 heterocycles. The highest BCUT2D eigenvalue weighted by molar-refractivity contribution is 6.35. The van der Waals surface area contributed by atoms with Crippen LogP contribution in [0.5, 0.6) is 0 Å². The molecule has 0 radical (unpaired) electrons. The Labute approximate surface area is 95.7 Å². The number of nitrogens with one attached hydrogen (secondary N) is 1. The summed E-state index contributed by atoms with van der Waals surface area (Å²) < 4.78 is 0. The van der Waals surface area contributed by atoms with Crippen LogP contribution in [0.4, 0.5) is 0 Å². The average molecular weight is 241 g/mol. The van der Waals surface area contributed by atoms with Gasteiger partial charge < -0.3 is 4.98 Å². The molecular formula is C10H6Cl2N2O. The number of aromatic amines is 1. The smallest absolute Gasteiger partial charge is 0.258 e. The Kier molecular flexibility index (Phi) is 2.75. The van der Waals surface area contributed by atoms with Gasteiger partial charge in [-0.1, -0.05) is 23.2 Å². The van der Waals surface area contributed by atoms with Crippen LogP contribution in [0.3, 0.4) is 0 Å². The third kappa shape index (κ3) is 2.03. The van der Waals surface area contributed by atoms with Crippen molar-refractivity contribution >= 4 is 23.2 Å². The number of hydrogen-bond donors (Lipinski definition) is 1. The fourth-order valence-electron chi connectivity index (χ4n) is 1.24. The van der Waals surface area contributed by atoms with Crippen LogP contribution in [-0.4, -0.2) is 9.97 Å². The van der Waals surface area contributed by atoms with Gasteiger partial charge >= 0.3 is 0 Å². The third-order valence-electron chi connectivity index (χ3n) is 1.94. The standard InChI is InChI=1S/C10H6Cl2N2O/c11-6-1-2-9(12)7(3-6)8-4-13-5-14-10(8)15/h1-5H,(H,13,14,15). The van der Waals surface area contributed by atoms with E-state index in [4.69, 9.17) is 23.2 Å². The van der Waals surface area contributed by atoms with E-state index in [0.717, 1.165) is 0 Å². The van der Waals surface area contributed by atoms with Crippen molar-refractivity contribution in [3.05, 3.63) is 51.1 Å². The summed E-state index contributed by atoms with van der Waals surface area (Å²) >= 11 is 11.8. The van der Waals surface area contributed by atoms with Crippen molar-refractivity contribution in [1.82, 2.24) is 9.97 Å². The van der Waals surface area contributed by atoms with Gasteiger partial charge in [-0.25, -0.2) is 4.98 Å². The summed E-state index contributed by atoms with van der Waals surface area (Å²) in [5.74, 6) is 0. The summed E-state index contributed by atoms with van der Waals surface area (Å²) in [6, 6.07) is 4.94. The molecule has 0 atom stereocenters. The predicted molar refractivity (Wildman–Crippen MR) is 60.3 cm³/mol. The van der Waals surface area contributed by atoms with Gasteiger partial charge in [0.2, 0.25) is 0 Å². The molecule has 0 saturated carbocycles. The van der Waals surface area contributed by atoms with Crippen molar-refractivity contribution < 1.29 is 0 Å². The van der Waals surface area contributed by atoms with Crippen LogP contribution in [0.1, 0.15) is 0 Å². The van der Waals surface area contributed by atoms with Crippen LogP contribution in [0.15, 0.2) is 35.5 Å². The number of halogens is 2. The topological polar surface area (TPSA) is 45.8 Å². The minimum Gasteiger partial charge on any atom is -0.313 e. The molecule has 0 fully saturated rings. The zero-order valence-electron chi connectivity index (χ0n) is 7.50. The Hall–Kier alpha value is -1.32. The molecule has 0 aliphatic rings. The van der Waals surface area contributed by atoms with Crippen molar-refractivity contribution in [3.63, 3.8) is 0 Å². The van der Waals surface area contributed by atoms with Gasteiger partial charge in [0.1, 0.15) is 0 Å². The number of H-pyrrole nitrogens is 1. The van der Waals surface area contributed by atoms with Crippen LogP contribution >= 0.6 is 23.2 Å². The number of hydrogen-bond acceptors (Lipinski definition) is 2. The average Bonchev–Trinajstić information content (AvgIpc) is 2.23. The van der Waals surface area contributed by atoms with Crippen molar-refractivity contribution in [2.24, 2.45) is 0 Å². The minimum atomic E-state index is -0.242. The number of aromatic nitrogens is 2. The van der Waals surface area contributed by atoms with Gasteiger partial charge in [-0.05, 0) is 18.2 Å².